The van der Waals surface area contributed by atoms with Gasteiger partial charge in [-0.3, -0.25) is 0 Å². The van der Waals surface area contributed by atoms with E-state index in [2.05, 4.69) is 6.07 Å². The molecule has 1 radical (unpaired) electrons. The van der Waals surface area contributed by atoms with Gasteiger partial charge in [-0.2, -0.15) is 26.3 Å². The van der Waals surface area contributed by atoms with Crippen LogP contribution in [0.5, 0.6) is 0 Å². The van der Waals surface area contributed by atoms with Crippen LogP contribution >= 0.6 is 11.6 Å². The zero-order valence-electron chi connectivity index (χ0n) is 10.7. The van der Waals surface area contributed by atoms with E-state index < -0.39 is 51.3 Å². The fourth-order valence-electron chi connectivity index (χ4n) is 1.93. The standard InChI is InChI=1S/C14H4ClF8/c15-8-3-1-2-7(14(21,22)23)11(8)12-9(16)4-6(5-10(12)17)13(18,19)20/h1-2,4-5H. The summed E-state index contributed by atoms with van der Waals surface area (Å²) in [4.78, 5) is 0. The largest absolute Gasteiger partial charge is 0.417 e. The highest BCUT2D eigenvalue weighted by Gasteiger charge is 2.38. The Kier molecular flexibility index (Phi) is 4.32. The van der Waals surface area contributed by atoms with E-state index in [0.29, 0.717) is 6.07 Å². The average molecular weight is 360 g/mol. The third-order valence-corrected chi connectivity index (χ3v) is 3.17. The molecule has 0 aliphatic heterocycles. The van der Waals surface area contributed by atoms with Gasteiger partial charge in [0.2, 0.25) is 0 Å². The highest BCUT2D eigenvalue weighted by Crippen LogP contribution is 2.43. The van der Waals surface area contributed by atoms with E-state index in [1.165, 1.54) is 0 Å². The van der Waals surface area contributed by atoms with Gasteiger partial charge in [-0.15, -0.1) is 0 Å². The summed E-state index contributed by atoms with van der Waals surface area (Å²) in [6.45, 7) is 0. The van der Waals surface area contributed by atoms with Crippen molar-refractivity contribution in [2.45, 2.75) is 12.4 Å². The fraction of sp³-hybridized carbons (Fsp3) is 0.143. The molecule has 0 aliphatic carbocycles. The fourth-order valence-corrected chi connectivity index (χ4v) is 2.19. The lowest BCUT2D eigenvalue weighted by Gasteiger charge is -2.16. The summed E-state index contributed by atoms with van der Waals surface area (Å²) < 4.78 is 104. The molecule has 0 nitrogen and oxygen atoms in total. The number of rotatable bonds is 1. The maximum Gasteiger partial charge on any atom is 0.417 e. The third kappa shape index (κ3) is 3.41. The molecule has 0 spiro atoms. The summed E-state index contributed by atoms with van der Waals surface area (Å²) in [5, 5.41) is -0.766. The first-order valence-electron chi connectivity index (χ1n) is 5.77. The predicted molar refractivity (Wildman–Crippen MR) is 65.6 cm³/mol. The molecule has 0 fully saturated rings. The van der Waals surface area contributed by atoms with Gasteiger partial charge >= 0.3 is 12.4 Å². The molecule has 0 atom stereocenters. The topological polar surface area (TPSA) is 0 Å². The molecule has 0 heterocycles. The third-order valence-electron chi connectivity index (χ3n) is 2.87. The van der Waals surface area contributed by atoms with Gasteiger partial charge in [-0.1, -0.05) is 17.7 Å². The molecule has 0 bridgehead atoms. The van der Waals surface area contributed by atoms with Crippen LogP contribution in [0.25, 0.3) is 11.1 Å². The van der Waals surface area contributed by atoms with Crippen molar-refractivity contribution in [3.63, 3.8) is 0 Å². The maximum absolute atomic E-state index is 13.9. The van der Waals surface area contributed by atoms with Gasteiger partial charge in [0.25, 0.3) is 0 Å². The molecule has 23 heavy (non-hydrogen) atoms. The molecule has 0 saturated heterocycles. The number of hydrogen-bond acceptors (Lipinski definition) is 0. The lowest BCUT2D eigenvalue weighted by molar-refractivity contribution is -0.138. The number of halogens is 9. The van der Waals surface area contributed by atoms with E-state index in [1.807, 2.05) is 0 Å². The van der Waals surface area contributed by atoms with Crippen LogP contribution in [-0.2, 0) is 12.4 Å². The van der Waals surface area contributed by atoms with Crippen LogP contribution in [0.2, 0.25) is 5.02 Å². The Morgan fingerprint density at radius 3 is 1.78 bits per heavy atom. The quantitative estimate of drug-likeness (QED) is 0.538. The molecule has 123 valence electrons. The van der Waals surface area contributed by atoms with Crippen LogP contribution in [0.3, 0.4) is 0 Å². The Hall–Kier alpha value is -1.83. The molecule has 0 aliphatic rings. The van der Waals surface area contributed by atoms with E-state index >= 15 is 0 Å². The Morgan fingerprint density at radius 1 is 0.826 bits per heavy atom. The van der Waals surface area contributed by atoms with Crippen LogP contribution in [0.4, 0.5) is 35.1 Å². The van der Waals surface area contributed by atoms with Gasteiger partial charge in [-0.05, 0) is 18.2 Å². The predicted octanol–water partition coefficient (Wildman–Crippen LogP) is 6.12. The van der Waals surface area contributed by atoms with Crippen molar-refractivity contribution >= 4 is 11.6 Å². The van der Waals surface area contributed by atoms with Gasteiger partial charge in [0.15, 0.2) is 0 Å². The maximum atomic E-state index is 13.9. The Balaban J connectivity index is 2.79. The van der Waals surface area contributed by atoms with Crippen molar-refractivity contribution in [2.75, 3.05) is 0 Å². The summed E-state index contributed by atoms with van der Waals surface area (Å²) in [6, 6.07) is 3.19. The zero-order chi connectivity index (χ0) is 17.6. The smallest absolute Gasteiger partial charge is 0.206 e. The molecule has 9 heteroatoms. The second-order valence-electron chi connectivity index (χ2n) is 4.39. The second-order valence-corrected chi connectivity index (χ2v) is 4.77. The lowest BCUT2D eigenvalue weighted by atomic mass is 9.96. The van der Waals surface area contributed by atoms with E-state index in [4.69, 9.17) is 11.6 Å². The monoisotopic (exact) mass is 359 g/mol. The molecular formula is C14H4ClF8. The van der Waals surface area contributed by atoms with Gasteiger partial charge in [-0.25, -0.2) is 8.78 Å². The second kappa shape index (κ2) is 5.67. The van der Waals surface area contributed by atoms with Crippen molar-refractivity contribution < 1.29 is 35.1 Å². The first-order valence-corrected chi connectivity index (χ1v) is 6.14. The normalized spacial score (nSPS) is 12.6. The molecular weight excluding hydrogens is 356 g/mol. The first-order chi connectivity index (χ1) is 10.4. The molecule has 2 aromatic carbocycles. The van der Waals surface area contributed by atoms with Gasteiger partial charge in [0.1, 0.15) is 11.6 Å². The number of alkyl halides is 6. The van der Waals surface area contributed by atoms with E-state index in [0.717, 1.165) is 6.07 Å². The SMILES string of the molecule is Fc1cc(C(F)(F)F)cc(F)c1-c1c(Cl)[c]ccc1C(F)(F)F. The Labute approximate surface area is 129 Å². The van der Waals surface area contributed by atoms with Crippen LogP contribution in [0, 0.1) is 17.7 Å². The van der Waals surface area contributed by atoms with Crippen molar-refractivity contribution in [1.82, 2.24) is 0 Å². The van der Waals surface area contributed by atoms with Crippen molar-refractivity contribution in [2.24, 2.45) is 0 Å². The van der Waals surface area contributed by atoms with Gasteiger partial charge in [0.05, 0.1) is 21.7 Å². The first kappa shape index (κ1) is 17.5. The van der Waals surface area contributed by atoms with Gasteiger partial charge < -0.3 is 0 Å². The van der Waals surface area contributed by atoms with Crippen LogP contribution < -0.4 is 0 Å². The van der Waals surface area contributed by atoms with Crippen LogP contribution in [0.15, 0.2) is 24.3 Å². The molecule has 0 saturated carbocycles. The van der Waals surface area contributed by atoms with Crippen LogP contribution in [-0.4, -0.2) is 0 Å². The molecule has 0 unspecified atom stereocenters. The highest BCUT2D eigenvalue weighted by atomic mass is 35.5. The molecule has 0 aromatic heterocycles. The average Bonchev–Trinajstić information content (AvgIpc) is 2.37. The Morgan fingerprint density at radius 2 is 1.35 bits per heavy atom. The summed E-state index contributed by atoms with van der Waals surface area (Å²) in [7, 11) is 0. The van der Waals surface area contributed by atoms with E-state index in [1.54, 1.807) is 0 Å². The minimum absolute atomic E-state index is 0.0953. The van der Waals surface area contributed by atoms with Crippen molar-refractivity contribution in [3.05, 3.63) is 58.1 Å². The summed E-state index contributed by atoms with van der Waals surface area (Å²) >= 11 is 5.53. The number of benzene rings is 2. The summed E-state index contributed by atoms with van der Waals surface area (Å²) in [5.41, 5.74) is -5.56. The highest BCUT2D eigenvalue weighted by molar-refractivity contribution is 6.33. The lowest BCUT2D eigenvalue weighted by Crippen LogP contribution is -2.11. The molecule has 2 aromatic rings. The minimum atomic E-state index is -5.06. The van der Waals surface area contributed by atoms with Crippen molar-refractivity contribution in [3.8, 4) is 11.1 Å². The molecule has 2 rings (SSSR count). The van der Waals surface area contributed by atoms with E-state index in [9.17, 15) is 35.1 Å². The molecule has 0 amide bonds. The summed E-state index contributed by atoms with van der Waals surface area (Å²) in [5.74, 6) is -3.63. The van der Waals surface area contributed by atoms with Crippen molar-refractivity contribution in [1.29, 1.82) is 0 Å². The summed E-state index contributed by atoms with van der Waals surface area (Å²) in [6.07, 6.45) is -10.1. The molecule has 0 N–H and O–H groups in total. The van der Waals surface area contributed by atoms with Gasteiger partial charge in [0, 0.05) is 11.6 Å². The Bertz CT molecular complexity index is 722. The van der Waals surface area contributed by atoms with Crippen LogP contribution in [0.1, 0.15) is 11.1 Å². The zero-order valence-corrected chi connectivity index (χ0v) is 11.5. The minimum Gasteiger partial charge on any atom is -0.206 e. The number of hydrogen-bond donors (Lipinski definition) is 0. The van der Waals surface area contributed by atoms with E-state index in [-0.39, 0.29) is 12.1 Å².